The van der Waals surface area contributed by atoms with E-state index >= 15 is 0 Å². The number of amides is 1. The third-order valence-electron chi connectivity index (χ3n) is 5.35. The van der Waals surface area contributed by atoms with Crippen molar-refractivity contribution in [2.75, 3.05) is 20.2 Å². The van der Waals surface area contributed by atoms with E-state index in [-0.39, 0.29) is 23.8 Å². The van der Waals surface area contributed by atoms with Crippen molar-refractivity contribution < 1.29 is 18.3 Å². The molecule has 0 aromatic heterocycles. The first-order chi connectivity index (χ1) is 13.5. The predicted octanol–water partition coefficient (Wildman–Crippen LogP) is 3.73. The highest BCUT2D eigenvalue weighted by Crippen LogP contribution is 2.28. The SMILES string of the molecule is COc1cccc(C(C)CC(=O)NC2CNCCC2c2ccc(F)c(F)c2)c1. The Hall–Kier alpha value is -2.47. The van der Waals surface area contributed by atoms with Gasteiger partial charge in [0.2, 0.25) is 5.91 Å². The summed E-state index contributed by atoms with van der Waals surface area (Å²) in [7, 11) is 1.62. The highest BCUT2D eigenvalue weighted by atomic mass is 19.2. The molecule has 6 heteroatoms. The van der Waals surface area contributed by atoms with Crippen molar-refractivity contribution in [1.82, 2.24) is 10.6 Å². The van der Waals surface area contributed by atoms with Crippen LogP contribution in [-0.4, -0.2) is 32.1 Å². The Morgan fingerprint density at radius 1 is 1.25 bits per heavy atom. The predicted molar refractivity (Wildman–Crippen MR) is 105 cm³/mol. The van der Waals surface area contributed by atoms with Crippen LogP contribution >= 0.6 is 0 Å². The van der Waals surface area contributed by atoms with E-state index in [0.29, 0.717) is 18.5 Å². The van der Waals surface area contributed by atoms with E-state index < -0.39 is 11.6 Å². The van der Waals surface area contributed by atoms with Gasteiger partial charge in [-0.1, -0.05) is 25.1 Å². The molecule has 3 atom stereocenters. The van der Waals surface area contributed by atoms with Gasteiger partial charge in [0.05, 0.1) is 7.11 Å². The number of ether oxygens (including phenoxy) is 1. The maximum Gasteiger partial charge on any atom is 0.220 e. The second kappa shape index (κ2) is 9.15. The Kier molecular flexibility index (Phi) is 6.62. The lowest BCUT2D eigenvalue weighted by Gasteiger charge is -2.33. The molecule has 28 heavy (non-hydrogen) atoms. The summed E-state index contributed by atoms with van der Waals surface area (Å²) in [5, 5.41) is 6.35. The molecule has 3 rings (SSSR count). The first kappa shape index (κ1) is 20.3. The van der Waals surface area contributed by atoms with Gasteiger partial charge in [-0.05, 0) is 54.3 Å². The average Bonchev–Trinajstić information content (AvgIpc) is 2.70. The molecular weight excluding hydrogens is 362 g/mol. The molecule has 2 aromatic rings. The molecule has 2 aromatic carbocycles. The lowest BCUT2D eigenvalue weighted by molar-refractivity contribution is -0.122. The zero-order valence-electron chi connectivity index (χ0n) is 16.2. The number of hydrogen-bond acceptors (Lipinski definition) is 3. The Balaban J connectivity index is 1.66. The summed E-state index contributed by atoms with van der Waals surface area (Å²) in [6, 6.07) is 11.5. The Morgan fingerprint density at radius 3 is 2.82 bits per heavy atom. The van der Waals surface area contributed by atoms with E-state index in [1.807, 2.05) is 31.2 Å². The zero-order chi connectivity index (χ0) is 20.1. The van der Waals surface area contributed by atoms with Crippen LogP contribution in [0.2, 0.25) is 0 Å². The fraction of sp³-hybridized carbons (Fsp3) is 0.409. The van der Waals surface area contributed by atoms with Gasteiger partial charge in [-0.25, -0.2) is 8.78 Å². The molecule has 1 aliphatic heterocycles. The second-order valence-electron chi connectivity index (χ2n) is 7.33. The van der Waals surface area contributed by atoms with Crippen LogP contribution in [0.3, 0.4) is 0 Å². The lowest BCUT2D eigenvalue weighted by Crippen LogP contribution is -2.50. The number of methoxy groups -OCH3 is 1. The monoisotopic (exact) mass is 388 g/mol. The summed E-state index contributed by atoms with van der Waals surface area (Å²) in [5.41, 5.74) is 1.75. The van der Waals surface area contributed by atoms with Gasteiger partial charge < -0.3 is 15.4 Å². The van der Waals surface area contributed by atoms with Crippen molar-refractivity contribution in [3.8, 4) is 5.75 Å². The molecule has 1 saturated heterocycles. The van der Waals surface area contributed by atoms with E-state index in [2.05, 4.69) is 10.6 Å². The van der Waals surface area contributed by atoms with Crippen LogP contribution in [0.1, 0.15) is 42.7 Å². The summed E-state index contributed by atoms with van der Waals surface area (Å²) in [5.74, 6) is -1.02. The van der Waals surface area contributed by atoms with Crippen LogP contribution in [-0.2, 0) is 4.79 Å². The number of nitrogens with one attached hydrogen (secondary N) is 2. The quantitative estimate of drug-likeness (QED) is 0.793. The molecule has 1 fully saturated rings. The van der Waals surface area contributed by atoms with Crippen molar-refractivity contribution in [2.45, 2.75) is 37.6 Å². The van der Waals surface area contributed by atoms with Crippen molar-refractivity contribution >= 4 is 5.91 Å². The van der Waals surface area contributed by atoms with Crippen LogP contribution in [0, 0.1) is 11.6 Å². The van der Waals surface area contributed by atoms with Crippen molar-refractivity contribution in [2.24, 2.45) is 0 Å². The molecule has 150 valence electrons. The number of halogens is 2. The fourth-order valence-electron chi connectivity index (χ4n) is 3.76. The van der Waals surface area contributed by atoms with E-state index in [1.54, 1.807) is 13.2 Å². The lowest BCUT2D eigenvalue weighted by atomic mass is 9.85. The van der Waals surface area contributed by atoms with Crippen molar-refractivity contribution in [3.63, 3.8) is 0 Å². The Labute approximate surface area is 164 Å². The Bertz CT molecular complexity index is 828. The van der Waals surface area contributed by atoms with Gasteiger partial charge in [0.1, 0.15) is 5.75 Å². The second-order valence-corrected chi connectivity index (χ2v) is 7.33. The van der Waals surface area contributed by atoms with E-state index in [9.17, 15) is 13.6 Å². The Morgan fingerprint density at radius 2 is 2.07 bits per heavy atom. The summed E-state index contributed by atoms with van der Waals surface area (Å²) < 4.78 is 32.2. The first-order valence-electron chi connectivity index (χ1n) is 9.57. The summed E-state index contributed by atoms with van der Waals surface area (Å²) in [6.45, 7) is 3.37. The number of benzene rings is 2. The standard InChI is InChI=1S/C22H26F2N2O2/c1-14(15-4-3-5-17(11-15)28-2)10-22(27)26-21-13-25-9-8-18(21)16-6-7-19(23)20(24)12-16/h3-7,11-12,14,18,21,25H,8-10,13H2,1-2H3,(H,26,27). The highest BCUT2D eigenvalue weighted by Gasteiger charge is 2.28. The number of carbonyl (C=O) groups is 1. The van der Waals surface area contributed by atoms with Gasteiger partial charge >= 0.3 is 0 Å². The van der Waals surface area contributed by atoms with E-state index in [1.165, 1.54) is 6.07 Å². The van der Waals surface area contributed by atoms with Crippen LogP contribution < -0.4 is 15.4 Å². The third kappa shape index (κ3) is 4.87. The number of hydrogen-bond donors (Lipinski definition) is 2. The molecular formula is C22H26F2N2O2. The van der Waals surface area contributed by atoms with Gasteiger partial charge in [0, 0.05) is 24.9 Å². The maximum atomic E-state index is 13.7. The molecule has 3 unspecified atom stereocenters. The normalized spacial score (nSPS) is 20.4. The van der Waals surface area contributed by atoms with Gasteiger partial charge in [0.25, 0.3) is 0 Å². The van der Waals surface area contributed by atoms with Crippen molar-refractivity contribution in [1.29, 1.82) is 0 Å². The number of carbonyl (C=O) groups excluding carboxylic acids is 1. The molecule has 1 aliphatic rings. The molecule has 0 saturated carbocycles. The summed E-state index contributed by atoms with van der Waals surface area (Å²) >= 11 is 0. The van der Waals surface area contributed by atoms with E-state index in [0.717, 1.165) is 30.3 Å². The molecule has 0 spiro atoms. The first-order valence-corrected chi connectivity index (χ1v) is 9.57. The molecule has 0 radical (unpaired) electrons. The minimum Gasteiger partial charge on any atom is -0.497 e. The molecule has 1 amide bonds. The van der Waals surface area contributed by atoms with Crippen LogP contribution in [0.5, 0.6) is 5.75 Å². The largest absolute Gasteiger partial charge is 0.497 e. The minimum atomic E-state index is -0.856. The summed E-state index contributed by atoms with van der Waals surface area (Å²) in [6.07, 6.45) is 1.09. The molecule has 0 bridgehead atoms. The summed E-state index contributed by atoms with van der Waals surface area (Å²) in [4.78, 5) is 12.6. The highest BCUT2D eigenvalue weighted by molar-refractivity contribution is 5.77. The van der Waals surface area contributed by atoms with Gasteiger partial charge in [0.15, 0.2) is 11.6 Å². The maximum absolute atomic E-state index is 13.7. The van der Waals surface area contributed by atoms with Gasteiger partial charge in [-0.3, -0.25) is 4.79 Å². The van der Waals surface area contributed by atoms with Crippen LogP contribution in [0.15, 0.2) is 42.5 Å². The molecule has 0 aliphatic carbocycles. The minimum absolute atomic E-state index is 0.0355. The van der Waals surface area contributed by atoms with Crippen molar-refractivity contribution in [3.05, 3.63) is 65.2 Å². The number of rotatable bonds is 6. The average molecular weight is 388 g/mol. The topological polar surface area (TPSA) is 50.4 Å². The fourth-order valence-corrected chi connectivity index (χ4v) is 3.76. The van der Waals surface area contributed by atoms with Crippen LogP contribution in [0.25, 0.3) is 0 Å². The zero-order valence-corrected chi connectivity index (χ0v) is 16.2. The molecule has 2 N–H and O–H groups in total. The molecule has 1 heterocycles. The molecule has 4 nitrogen and oxygen atoms in total. The van der Waals surface area contributed by atoms with Gasteiger partial charge in [-0.15, -0.1) is 0 Å². The number of piperidine rings is 1. The van der Waals surface area contributed by atoms with E-state index in [4.69, 9.17) is 4.74 Å². The third-order valence-corrected chi connectivity index (χ3v) is 5.35. The van der Waals surface area contributed by atoms with Gasteiger partial charge in [-0.2, -0.15) is 0 Å². The van der Waals surface area contributed by atoms with Crippen LogP contribution in [0.4, 0.5) is 8.78 Å². The smallest absolute Gasteiger partial charge is 0.220 e.